The molecule has 10 heteroatoms. The predicted octanol–water partition coefficient (Wildman–Crippen LogP) is 6.26. The number of hydrogen-bond acceptors (Lipinski definition) is 6. The predicted molar refractivity (Wildman–Crippen MR) is 148 cm³/mol. The summed E-state index contributed by atoms with van der Waals surface area (Å²) in [6.45, 7) is 4.98. The number of fused-ring (bicyclic) bond motifs is 1. The number of halogens is 1. The molecule has 36 heavy (non-hydrogen) atoms. The van der Waals surface area contributed by atoms with Gasteiger partial charge in [0.05, 0.1) is 27.0 Å². The lowest BCUT2D eigenvalue weighted by Crippen LogP contribution is -2.46. The van der Waals surface area contributed by atoms with Crippen LogP contribution in [0.5, 0.6) is 0 Å². The second-order valence-electron chi connectivity index (χ2n) is 9.04. The largest absolute Gasteiger partial charge is 0.283 e. The average Bonchev–Trinajstić information content (AvgIpc) is 3.53. The number of benzene rings is 2. The van der Waals surface area contributed by atoms with Crippen molar-refractivity contribution < 1.29 is 13.2 Å². The van der Waals surface area contributed by atoms with Crippen LogP contribution in [-0.2, 0) is 21.4 Å². The number of amides is 1. The Morgan fingerprint density at radius 1 is 1.08 bits per heavy atom. The maximum absolute atomic E-state index is 14.0. The van der Waals surface area contributed by atoms with Crippen molar-refractivity contribution in [1.82, 2.24) is 9.29 Å². The van der Waals surface area contributed by atoms with E-state index in [0.717, 1.165) is 38.2 Å². The number of carbonyl (C=O) groups is 1. The van der Waals surface area contributed by atoms with Gasteiger partial charge in [-0.2, -0.15) is 4.31 Å². The van der Waals surface area contributed by atoms with Crippen LogP contribution in [0.1, 0.15) is 29.5 Å². The second kappa shape index (κ2) is 10.2. The number of hydrogen-bond donors (Lipinski definition) is 0. The van der Waals surface area contributed by atoms with Crippen molar-refractivity contribution in [2.24, 2.45) is 5.92 Å². The van der Waals surface area contributed by atoms with Gasteiger partial charge in [0.1, 0.15) is 4.21 Å². The molecule has 1 aliphatic heterocycles. The molecule has 0 radical (unpaired) electrons. The number of thiophene rings is 1. The van der Waals surface area contributed by atoms with E-state index in [1.165, 1.54) is 21.7 Å². The lowest BCUT2D eigenvalue weighted by atomic mass is 9.98. The molecule has 5 rings (SSSR count). The van der Waals surface area contributed by atoms with Gasteiger partial charge in [-0.1, -0.05) is 65.4 Å². The van der Waals surface area contributed by atoms with Crippen molar-refractivity contribution in [2.75, 3.05) is 18.0 Å². The molecule has 0 aliphatic carbocycles. The highest BCUT2D eigenvalue weighted by molar-refractivity contribution is 7.91. The number of aryl methyl sites for hydroxylation is 2. The molecule has 1 amide bonds. The van der Waals surface area contributed by atoms with Crippen molar-refractivity contribution in [3.63, 3.8) is 0 Å². The first-order valence-corrected chi connectivity index (χ1v) is 15.2. The fourth-order valence-corrected chi connectivity index (χ4v) is 8.79. The molecule has 0 spiro atoms. The first kappa shape index (κ1) is 25.4. The number of sulfonamides is 1. The van der Waals surface area contributed by atoms with Crippen LogP contribution in [0.2, 0.25) is 4.34 Å². The molecule has 1 aliphatic rings. The molecule has 3 heterocycles. The first-order chi connectivity index (χ1) is 17.2. The highest BCUT2D eigenvalue weighted by Gasteiger charge is 2.37. The van der Waals surface area contributed by atoms with Gasteiger partial charge in [0.25, 0.3) is 10.0 Å². The Kier molecular flexibility index (Phi) is 7.20. The van der Waals surface area contributed by atoms with E-state index < -0.39 is 15.9 Å². The summed E-state index contributed by atoms with van der Waals surface area (Å²) in [5, 5.41) is 0.640. The van der Waals surface area contributed by atoms with Gasteiger partial charge in [0, 0.05) is 13.1 Å². The first-order valence-electron chi connectivity index (χ1n) is 11.7. The molecule has 1 unspecified atom stereocenters. The molecule has 4 aromatic rings. The minimum atomic E-state index is -3.70. The molecule has 0 saturated carbocycles. The number of rotatable bonds is 6. The SMILES string of the molecule is Cc1ccc(C)c2sc(N(Cc3ccccc3)C(=O)C3CCCN(S(=O)(=O)c4ccc(Cl)s4)C3)nc12. The lowest BCUT2D eigenvalue weighted by molar-refractivity contribution is -0.123. The van der Waals surface area contributed by atoms with Crippen molar-refractivity contribution >= 4 is 65.6 Å². The summed E-state index contributed by atoms with van der Waals surface area (Å²) in [6, 6.07) is 17.1. The molecule has 2 aromatic heterocycles. The van der Waals surface area contributed by atoms with Crippen LogP contribution in [0, 0.1) is 19.8 Å². The third-order valence-corrected chi connectivity index (χ3v) is 11.3. The van der Waals surface area contributed by atoms with Gasteiger partial charge < -0.3 is 0 Å². The van der Waals surface area contributed by atoms with Crippen LogP contribution in [0.25, 0.3) is 10.2 Å². The molecular weight excluding hydrogens is 534 g/mol. The average molecular weight is 560 g/mol. The minimum Gasteiger partial charge on any atom is -0.283 e. The Labute approximate surface area is 224 Å². The highest BCUT2D eigenvalue weighted by atomic mass is 35.5. The van der Waals surface area contributed by atoms with Gasteiger partial charge in [-0.05, 0) is 55.5 Å². The number of piperidine rings is 1. The van der Waals surface area contributed by atoms with E-state index in [1.54, 1.807) is 11.0 Å². The number of aromatic nitrogens is 1. The number of thiazole rings is 1. The molecule has 2 aromatic carbocycles. The van der Waals surface area contributed by atoms with E-state index in [1.807, 2.05) is 50.2 Å². The van der Waals surface area contributed by atoms with Gasteiger partial charge in [0.2, 0.25) is 5.91 Å². The zero-order valence-corrected chi connectivity index (χ0v) is 23.2. The van der Waals surface area contributed by atoms with E-state index in [4.69, 9.17) is 16.6 Å². The van der Waals surface area contributed by atoms with Crippen LogP contribution in [0.4, 0.5) is 5.13 Å². The zero-order valence-electron chi connectivity index (χ0n) is 20.0. The topological polar surface area (TPSA) is 70.6 Å². The minimum absolute atomic E-state index is 0.0997. The molecule has 6 nitrogen and oxygen atoms in total. The highest BCUT2D eigenvalue weighted by Crippen LogP contribution is 2.36. The van der Waals surface area contributed by atoms with Gasteiger partial charge >= 0.3 is 0 Å². The Balaban J connectivity index is 1.48. The lowest BCUT2D eigenvalue weighted by Gasteiger charge is -2.33. The molecule has 1 atom stereocenters. The van der Waals surface area contributed by atoms with E-state index in [9.17, 15) is 13.2 Å². The normalized spacial score (nSPS) is 16.9. The summed E-state index contributed by atoms with van der Waals surface area (Å²) in [6.07, 6.45) is 1.25. The van der Waals surface area contributed by atoms with Crippen molar-refractivity contribution in [3.05, 3.63) is 75.6 Å². The van der Waals surface area contributed by atoms with E-state index >= 15 is 0 Å². The Morgan fingerprint density at radius 2 is 1.83 bits per heavy atom. The summed E-state index contributed by atoms with van der Waals surface area (Å²) in [4.78, 5) is 20.6. The Bertz CT molecular complexity index is 1480. The molecule has 0 bridgehead atoms. The van der Waals surface area contributed by atoms with Crippen LogP contribution < -0.4 is 4.90 Å². The summed E-state index contributed by atoms with van der Waals surface area (Å²) in [5.41, 5.74) is 4.08. The smallest absolute Gasteiger partial charge is 0.252 e. The van der Waals surface area contributed by atoms with Crippen LogP contribution in [0.15, 0.2) is 58.8 Å². The third kappa shape index (κ3) is 4.95. The second-order valence-corrected chi connectivity index (χ2v) is 13.9. The molecule has 1 saturated heterocycles. The summed E-state index contributed by atoms with van der Waals surface area (Å²) in [7, 11) is -3.70. The molecule has 0 N–H and O–H groups in total. The van der Waals surface area contributed by atoms with Gasteiger partial charge in [-0.25, -0.2) is 13.4 Å². The third-order valence-electron chi connectivity index (χ3n) is 6.49. The maximum atomic E-state index is 14.0. The monoisotopic (exact) mass is 559 g/mol. The zero-order chi connectivity index (χ0) is 25.4. The van der Waals surface area contributed by atoms with Crippen molar-refractivity contribution in [2.45, 2.75) is 37.4 Å². The summed E-state index contributed by atoms with van der Waals surface area (Å²) >= 11 is 8.55. The quantitative estimate of drug-likeness (QED) is 0.279. The molecule has 188 valence electrons. The number of carbonyl (C=O) groups excluding carboxylic acids is 1. The molecular formula is C26H26ClN3O3S3. The van der Waals surface area contributed by atoms with E-state index in [-0.39, 0.29) is 16.7 Å². The Morgan fingerprint density at radius 3 is 2.53 bits per heavy atom. The van der Waals surface area contributed by atoms with E-state index in [2.05, 4.69) is 6.07 Å². The van der Waals surface area contributed by atoms with Crippen molar-refractivity contribution in [1.29, 1.82) is 0 Å². The fraction of sp³-hybridized carbons (Fsp3) is 0.308. The molecule has 1 fully saturated rings. The number of anilines is 1. The fourth-order valence-electron chi connectivity index (χ4n) is 4.52. The summed E-state index contributed by atoms with van der Waals surface area (Å²) in [5.74, 6) is -0.556. The van der Waals surface area contributed by atoms with Gasteiger partial charge in [-0.3, -0.25) is 9.69 Å². The van der Waals surface area contributed by atoms with E-state index in [0.29, 0.717) is 35.4 Å². The van der Waals surface area contributed by atoms with Crippen LogP contribution >= 0.6 is 34.3 Å². The van der Waals surface area contributed by atoms with Crippen LogP contribution in [0.3, 0.4) is 0 Å². The standard InChI is InChI=1S/C26H26ClN3O3S3/c1-17-10-11-18(2)24-23(17)28-26(35-24)30(15-19-7-4-3-5-8-19)25(31)20-9-6-14-29(16-20)36(32,33)22-13-12-21(27)34-22/h3-5,7-8,10-13,20H,6,9,14-16H2,1-2H3. The van der Waals surface area contributed by atoms with Crippen LogP contribution in [-0.4, -0.2) is 36.7 Å². The Hall–Kier alpha value is -2.30. The summed E-state index contributed by atoms with van der Waals surface area (Å²) < 4.78 is 29.6. The van der Waals surface area contributed by atoms with Crippen molar-refractivity contribution in [3.8, 4) is 0 Å². The number of nitrogens with zero attached hydrogens (tertiary/aromatic N) is 3. The maximum Gasteiger partial charge on any atom is 0.252 e. The van der Waals surface area contributed by atoms with Gasteiger partial charge in [-0.15, -0.1) is 11.3 Å². The van der Waals surface area contributed by atoms with Gasteiger partial charge in [0.15, 0.2) is 5.13 Å².